The van der Waals surface area contributed by atoms with Crippen LogP contribution in [0.3, 0.4) is 0 Å². The highest BCUT2D eigenvalue weighted by molar-refractivity contribution is 5.94. The number of rotatable bonds is 6. The van der Waals surface area contributed by atoms with Crippen molar-refractivity contribution in [3.05, 3.63) is 71.5 Å². The Kier molecular flexibility index (Phi) is 5.20. The summed E-state index contributed by atoms with van der Waals surface area (Å²) in [4.78, 5) is 14.8. The number of amides is 1. The lowest BCUT2D eigenvalue weighted by molar-refractivity contribution is 0.0951. The van der Waals surface area contributed by atoms with Gasteiger partial charge in [0.05, 0.1) is 5.69 Å². The number of aromatic nitrogens is 4. The van der Waals surface area contributed by atoms with Crippen molar-refractivity contribution in [2.75, 3.05) is 13.1 Å². The van der Waals surface area contributed by atoms with E-state index in [0.717, 1.165) is 17.8 Å². The van der Waals surface area contributed by atoms with Crippen molar-refractivity contribution < 1.29 is 4.79 Å². The first-order valence-electron chi connectivity index (χ1n) is 9.20. The molecule has 7 heteroatoms. The standard InChI is InChI=1S/C20H22N6O/c27-20(18-7-9-19(10-8-18)26-15-22-23-24-26)21-13-16-3-5-17(6-4-16)14-25-11-1-2-12-25/h3-10,15H,1-2,11-14H2,(H,21,27). The molecule has 0 atom stereocenters. The Balaban J connectivity index is 1.30. The molecule has 0 unspecified atom stereocenters. The van der Waals surface area contributed by atoms with Crippen molar-refractivity contribution >= 4 is 5.91 Å². The monoisotopic (exact) mass is 362 g/mol. The zero-order valence-electron chi connectivity index (χ0n) is 15.1. The van der Waals surface area contributed by atoms with E-state index >= 15 is 0 Å². The molecule has 7 nitrogen and oxygen atoms in total. The van der Waals surface area contributed by atoms with Crippen LogP contribution in [-0.2, 0) is 13.1 Å². The first kappa shape index (κ1) is 17.4. The second kappa shape index (κ2) is 8.09. The van der Waals surface area contributed by atoms with Crippen molar-refractivity contribution in [1.82, 2.24) is 30.4 Å². The lowest BCUT2D eigenvalue weighted by Crippen LogP contribution is -2.23. The van der Waals surface area contributed by atoms with Gasteiger partial charge in [-0.05, 0) is 71.8 Å². The average molecular weight is 362 g/mol. The molecular weight excluding hydrogens is 340 g/mol. The zero-order valence-corrected chi connectivity index (χ0v) is 15.1. The lowest BCUT2D eigenvalue weighted by atomic mass is 10.1. The molecular formula is C20H22N6O. The van der Waals surface area contributed by atoms with Crippen LogP contribution in [0.15, 0.2) is 54.9 Å². The highest BCUT2D eigenvalue weighted by atomic mass is 16.1. The lowest BCUT2D eigenvalue weighted by Gasteiger charge is -2.14. The minimum absolute atomic E-state index is 0.0978. The maximum absolute atomic E-state index is 12.3. The largest absolute Gasteiger partial charge is 0.348 e. The second-order valence-electron chi connectivity index (χ2n) is 6.78. The van der Waals surface area contributed by atoms with Gasteiger partial charge in [-0.1, -0.05) is 24.3 Å². The molecule has 0 aliphatic carbocycles. The van der Waals surface area contributed by atoms with Crippen LogP contribution in [0.1, 0.15) is 34.3 Å². The van der Waals surface area contributed by atoms with Crippen LogP contribution in [-0.4, -0.2) is 44.1 Å². The summed E-state index contributed by atoms with van der Waals surface area (Å²) in [5, 5.41) is 14.0. The highest BCUT2D eigenvalue weighted by Crippen LogP contribution is 2.13. The third kappa shape index (κ3) is 4.38. The summed E-state index contributed by atoms with van der Waals surface area (Å²) < 4.78 is 1.55. The van der Waals surface area contributed by atoms with Crippen LogP contribution in [0.5, 0.6) is 0 Å². The van der Waals surface area contributed by atoms with Gasteiger partial charge < -0.3 is 5.32 Å². The molecule has 0 spiro atoms. The number of nitrogens with one attached hydrogen (secondary N) is 1. The maximum Gasteiger partial charge on any atom is 0.251 e. The fraction of sp³-hybridized carbons (Fsp3) is 0.300. The smallest absolute Gasteiger partial charge is 0.251 e. The number of carbonyl (C=O) groups excluding carboxylic acids is 1. The Labute approximate surface area is 158 Å². The molecule has 1 saturated heterocycles. The Morgan fingerprint density at radius 2 is 1.67 bits per heavy atom. The first-order valence-corrected chi connectivity index (χ1v) is 9.20. The minimum Gasteiger partial charge on any atom is -0.348 e. The molecule has 0 radical (unpaired) electrons. The van der Waals surface area contributed by atoms with E-state index in [4.69, 9.17) is 0 Å². The van der Waals surface area contributed by atoms with Crippen LogP contribution in [0.25, 0.3) is 5.69 Å². The van der Waals surface area contributed by atoms with Gasteiger partial charge in [-0.2, -0.15) is 0 Å². The Morgan fingerprint density at radius 3 is 2.33 bits per heavy atom. The normalized spacial score (nSPS) is 14.4. The fourth-order valence-electron chi connectivity index (χ4n) is 3.29. The van der Waals surface area contributed by atoms with Crippen molar-refractivity contribution in [3.8, 4) is 5.69 Å². The summed E-state index contributed by atoms with van der Waals surface area (Å²) in [7, 11) is 0. The van der Waals surface area contributed by atoms with Gasteiger partial charge in [0, 0.05) is 18.7 Å². The van der Waals surface area contributed by atoms with E-state index in [1.807, 2.05) is 12.1 Å². The molecule has 0 saturated carbocycles. The Bertz CT molecular complexity index is 868. The molecule has 138 valence electrons. The molecule has 1 N–H and O–H groups in total. The zero-order chi connectivity index (χ0) is 18.5. The van der Waals surface area contributed by atoms with E-state index in [9.17, 15) is 4.79 Å². The molecule has 1 aliphatic heterocycles. The number of carbonyl (C=O) groups is 1. The van der Waals surface area contributed by atoms with Gasteiger partial charge in [0.1, 0.15) is 6.33 Å². The highest BCUT2D eigenvalue weighted by Gasteiger charge is 2.11. The summed E-state index contributed by atoms with van der Waals surface area (Å²) in [6, 6.07) is 15.7. The molecule has 4 rings (SSSR count). The van der Waals surface area contributed by atoms with E-state index in [2.05, 4.69) is 50.0 Å². The van der Waals surface area contributed by atoms with E-state index < -0.39 is 0 Å². The van der Waals surface area contributed by atoms with Gasteiger partial charge in [-0.25, -0.2) is 4.68 Å². The number of benzene rings is 2. The van der Waals surface area contributed by atoms with Crippen molar-refractivity contribution in [1.29, 1.82) is 0 Å². The number of hydrogen-bond donors (Lipinski definition) is 1. The van der Waals surface area contributed by atoms with Crippen LogP contribution in [0.4, 0.5) is 0 Å². The fourth-order valence-corrected chi connectivity index (χ4v) is 3.29. The van der Waals surface area contributed by atoms with Crippen LogP contribution in [0.2, 0.25) is 0 Å². The molecule has 1 aliphatic rings. The van der Waals surface area contributed by atoms with Crippen LogP contribution in [0, 0.1) is 0 Å². The molecule has 1 aromatic heterocycles. The molecule has 0 bridgehead atoms. The maximum atomic E-state index is 12.3. The summed E-state index contributed by atoms with van der Waals surface area (Å²) >= 11 is 0. The molecule has 1 fully saturated rings. The van der Waals surface area contributed by atoms with E-state index in [1.165, 1.54) is 37.8 Å². The molecule has 3 aromatic rings. The first-order chi connectivity index (χ1) is 13.3. The van der Waals surface area contributed by atoms with E-state index in [-0.39, 0.29) is 5.91 Å². The van der Waals surface area contributed by atoms with Gasteiger partial charge in [-0.3, -0.25) is 9.69 Å². The predicted octanol–water partition coefficient (Wildman–Crippen LogP) is 2.19. The van der Waals surface area contributed by atoms with Gasteiger partial charge in [0.2, 0.25) is 0 Å². The SMILES string of the molecule is O=C(NCc1ccc(CN2CCCC2)cc1)c1ccc(-n2cnnn2)cc1. The average Bonchev–Trinajstić information content (AvgIpc) is 3.42. The topological polar surface area (TPSA) is 75.9 Å². The molecule has 1 amide bonds. The summed E-state index contributed by atoms with van der Waals surface area (Å²) in [6.45, 7) is 3.92. The minimum atomic E-state index is -0.0978. The third-order valence-corrected chi connectivity index (χ3v) is 4.82. The van der Waals surface area contributed by atoms with Crippen LogP contribution < -0.4 is 5.32 Å². The number of likely N-dealkylation sites (tertiary alicyclic amines) is 1. The van der Waals surface area contributed by atoms with E-state index in [1.54, 1.807) is 16.8 Å². The number of hydrogen-bond acceptors (Lipinski definition) is 5. The number of tetrazole rings is 1. The van der Waals surface area contributed by atoms with Gasteiger partial charge in [-0.15, -0.1) is 5.10 Å². The van der Waals surface area contributed by atoms with Gasteiger partial charge >= 0.3 is 0 Å². The summed E-state index contributed by atoms with van der Waals surface area (Å²) in [6.07, 6.45) is 4.13. The predicted molar refractivity (Wildman–Crippen MR) is 101 cm³/mol. The van der Waals surface area contributed by atoms with Crippen molar-refractivity contribution in [2.24, 2.45) is 0 Å². The number of nitrogens with zero attached hydrogens (tertiary/aromatic N) is 5. The summed E-state index contributed by atoms with van der Waals surface area (Å²) in [5.74, 6) is -0.0978. The third-order valence-electron chi connectivity index (χ3n) is 4.82. The Hall–Kier alpha value is -3.06. The van der Waals surface area contributed by atoms with Crippen molar-refractivity contribution in [2.45, 2.75) is 25.9 Å². The Morgan fingerprint density at radius 1 is 0.963 bits per heavy atom. The molecule has 2 aromatic carbocycles. The van der Waals surface area contributed by atoms with Crippen molar-refractivity contribution in [3.63, 3.8) is 0 Å². The van der Waals surface area contributed by atoms with Gasteiger partial charge in [0.15, 0.2) is 0 Å². The van der Waals surface area contributed by atoms with Crippen LogP contribution >= 0.6 is 0 Å². The van der Waals surface area contributed by atoms with E-state index in [0.29, 0.717) is 12.1 Å². The summed E-state index contributed by atoms with van der Waals surface area (Å²) in [5.41, 5.74) is 3.84. The van der Waals surface area contributed by atoms with Gasteiger partial charge in [0.25, 0.3) is 5.91 Å². The molecule has 2 heterocycles. The second-order valence-corrected chi connectivity index (χ2v) is 6.78. The quantitative estimate of drug-likeness (QED) is 0.727. The molecule has 27 heavy (non-hydrogen) atoms.